The molecule has 0 saturated carbocycles. The second kappa shape index (κ2) is 6.83. The maximum absolute atomic E-state index is 13.1. The predicted octanol–water partition coefficient (Wildman–Crippen LogP) is 3.45. The number of hydrogen-bond donors (Lipinski definition) is 1. The molecular formula is C13H10ClFN2O4S2. The smallest absolute Gasteiger partial charge is 0.258 e. The lowest BCUT2D eigenvalue weighted by Gasteiger charge is -2.07. The Morgan fingerprint density at radius 1 is 1.26 bits per heavy atom. The van der Waals surface area contributed by atoms with E-state index in [0.29, 0.717) is 4.90 Å². The van der Waals surface area contributed by atoms with Gasteiger partial charge in [0, 0.05) is 11.0 Å². The summed E-state index contributed by atoms with van der Waals surface area (Å²) in [4.78, 5) is 11.0. The Kier molecular flexibility index (Phi) is 5.25. The van der Waals surface area contributed by atoms with Crippen LogP contribution in [0.3, 0.4) is 0 Å². The van der Waals surface area contributed by atoms with Gasteiger partial charge in [-0.1, -0.05) is 23.4 Å². The summed E-state index contributed by atoms with van der Waals surface area (Å²) in [5, 5.41) is 11.1. The molecule has 0 spiro atoms. The fourth-order valence-corrected chi connectivity index (χ4v) is 3.61. The van der Waals surface area contributed by atoms with Crippen LogP contribution in [0, 0.1) is 15.9 Å². The standard InChI is InChI=1S/C13H10ClFN2O4S2/c1-16-23(20,21)9-3-5-13(12(7-9)17(18)19)22-8-2-4-11(15)10(14)6-8/h2-7,16H,1H3. The molecule has 0 aliphatic heterocycles. The Balaban J connectivity index is 2.46. The number of hydrogen-bond acceptors (Lipinski definition) is 5. The molecule has 0 saturated heterocycles. The monoisotopic (exact) mass is 376 g/mol. The first-order valence-corrected chi connectivity index (χ1v) is 8.77. The van der Waals surface area contributed by atoms with E-state index in [2.05, 4.69) is 4.72 Å². The molecule has 122 valence electrons. The van der Waals surface area contributed by atoms with Crippen molar-refractivity contribution in [1.29, 1.82) is 0 Å². The van der Waals surface area contributed by atoms with Crippen LogP contribution in [0.1, 0.15) is 0 Å². The van der Waals surface area contributed by atoms with Crippen molar-refractivity contribution in [2.24, 2.45) is 0 Å². The number of rotatable bonds is 5. The van der Waals surface area contributed by atoms with Crippen LogP contribution in [0.2, 0.25) is 5.02 Å². The zero-order chi connectivity index (χ0) is 17.2. The highest BCUT2D eigenvalue weighted by Gasteiger charge is 2.21. The van der Waals surface area contributed by atoms with Crippen molar-refractivity contribution in [2.45, 2.75) is 14.7 Å². The van der Waals surface area contributed by atoms with Crippen molar-refractivity contribution in [1.82, 2.24) is 4.72 Å². The van der Waals surface area contributed by atoms with E-state index < -0.39 is 20.8 Å². The fourth-order valence-electron chi connectivity index (χ4n) is 1.68. The largest absolute Gasteiger partial charge is 0.284 e. The minimum absolute atomic E-state index is 0.105. The van der Waals surface area contributed by atoms with Gasteiger partial charge in [-0.3, -0.25) is 10.1 Å². The molecule has 0 fully saturated rings. The van der Waals surface area contributed by atoms with Gasteiger partial charge in [0.15, 0.2) is 0 Å². The summed E-state index contributed by atoms with van der Waals surface area (Å²) in [6, 6.07) is 7.46. The number of nitrogens with one attached hydrogen (secondary N) is 1. The first-order chi connectivity index (χ1) is 10.7. The molecule has 23 heavy (non-hydrogen) atoms. The van der Waals surface area contributed by atoms with Crippen molar-refractivity contribution < 1.29 is 17.7 Å². The Bertz CT molecular complexity index is 874. The van der Waals surface area contributed by atoms with Gasteiger partial charge in [0.2, 0.25) is 10.0 Å². The second-order valence-electron chi connectivity index (χ2n) is 4.27. The molecule has 10 heteroatoms. The summed E-state index contributed by atoms with van der Waals surface area (Å²) in [5.41, 5.74) is -0.369. The molecule has 1 N–H and O–H groups in total. The van der Waals surface area contributed by atoms with E-state index in [1.165, 1.54) is 31.3 Å². The summed E-state index contributed by atoms with van der Waals surface area (Å²) in [5.74, 6) is -0.596. The van der Waals surface area contributed by atoms with Gasteiger partial charge >= 0.3 is 0 Å². The summed E-state index contributed by atoms with van der Waals surface area (Å²) >= 11 is 6.66. The van der Waals surface area contributed by atoms with Crippen LogP contribution in [0.5, 0.6) is 0 Å². The van der Waals surface area contributed by atoms with Gasteiger partial charge < -0.3 is 0 Å². The molecule has 6 nitrogen and oxygen atoms in total. The minimum atomic E-state index is -3.79. The average Bonchev–Trinajstić information content (AvgIpc) is 2.51. The first-order valence-electron chi connectivity index (χ1n) is 6.09. The average molecular weight is 377 g/mol. The van der Waals surface area contributed by atoms with Gasteiger partial charge in [-0.05, 0) is 37.4 Å². The molecule has 0 aliphatic rings. The predicted molar refractivity (Wildman–Crippen MR) is 84.9 cm³/mol. The van der Waals surface area contributed by atoms with Gasteiger partial charge in [-0.2, -0.15) is 0 Å². The molecule has 0 amide bonds. The Hall–Kier alpha value is -1.68. The molecular weight excluding hydrogens is 367 g/mol. The number of benzene rings is 2. The lowest BCUT2D eigenvalue weighted by Crippen LogP contribution is -2.18. The van der Waals surface area contributed by atoms with Crippen molar-refractivity contribution >= 4 is 39.1 Å². The molecule has 0 aliphatic carbocycles. The fraction of sp³-hybridized carbons (Fsp3) is 0.0769. The number of nitro groups is 1. The topological polar surface area (TPSA) is 89.3 Å². The van der Waals surface area contributed by atoms with Crippen LogP contribution in [0.25, 0.3) is 0 Å². The maximum Gasteiger partial charge on any atom is 0.284 e. The molecule has 0 atom stereocenters. The third kappa shape index (κ3) is 3.99. The van der Waals surface area contributed by atoms with Crippen LogP contribution in [0.15, 0.2) is 51.1 Å². The van der Waals surface area contributed by atoms with Crippen LogP contribution in [-0.4, -0.2) is 20.4 Å². The van der Waals surface area contributed by atoms with Crippen LogP contribution >= 0.6 is 23.4 Å². The number of nitro benzene ring substituents is 1. The van der Waals surface area contributed by atoms with E-state index in [9.17, 15) is 22.9 Å². The van der Waals surface area contributed by atoms with E-state index in [1.807, 2.05) is 0 Å². The Morgan fingerprint density at radius 3 is 2.52 bits per heavy atom. The Morgan fingerprint density at radius 2 is 1.96 bits per heavy atom. The molecule has 0 radical (unpaired) electrons. The van der Waals surface area contributed by atoms with Crippen LogP contribution < -0.4 is 4.72 Å². The quantitative estimate of drug-likeness (QED) is 0.637. The number of sulfonamides is 1. The zero-order valence-corrected chi connectivity index (χ0v) is 14.0. The summed E-state index contributed by atoms with van der Waals surface area (Å²) in [7, 11) is -2.58. The molecule has 2 rings (SSSR count). The molecule has 0 aromatic heterocycles. The molecule has 0 unspecified atom stereocenters. The van der Waals surface area contributed by atoms with Gasteiger partial charge in [0.25, 0.3) is 5.69 Å². The van der Waals surface area contributed by atoms with Crippen LogP contribution in [-0.2, 0) is 10.0 Å². The molecule has 0 bridgehead atoms. The van der Waals surface area contributed by atoms with Gasteiger partial charge in [-0.25, -0.2) is 17.5 Å². The molecule has 2 aromatic carbocycles. The third-order valence-electron chi connectivity index (χ3n) is 2.83. The van der Waals surface area contributed by atoms with E-state index in [-0.39, 0.29) is 20.5 Å². The lowest BCUT2D eigenvalue weighted by atomic mass is 10.3. The van der Waals surface area contributed by atoms with Crippen LogP contribution in [0.4, 0.5) is 10.1 Å². The van der Waals surface area contributed by atoms with Gasteiger partial charge in [0.1, 0.15) is 5.82 Å². The third-order valence-corrected chi connectivity index (χ3v) is 5.58. The SMILES string of the molecule is CNS(=O)(=O)c1ccc(Sc2ccc(F)c(Cl)c2)c([N+](=O)[O-])c1. The van der Waals surface area contributed by atoms with Crippen molar-refractivity contribution in [3.8, 4) is 0 Å². The van der Waals surface area contributed by atoms with E-state index in [0.717, 1.165) is 23.9 Å². The lowest BCUT2D eigenvalue weighted by molar-refractivity contribution is -0.388. The highest BCUT2D eigenvalue weighted by molar-refractivity contribution is 7.99. The van der Waals surface area contributed by atoms with Gasteiger partial charge in [-0.15, -0.1) is 0 Å². The molecule has 2 aromatic rings. The van der Waals surface area contributed by atoms with Crippen molar-refractivity contribution in [3.63, 3.8) is 0 Å². The van der Waals surface area contributed by atoms with Crippen molar-refractivity contribution in [3.05, 3.63) is 57.4 Å². The second-order valence-corrected chi connectivity index (χ2v) is 7.68. The minimum Gasteiger partial charge on any atom is -0.258 e. The van der Waals surface area contributed by atoms with E-state index in [4.69, 9.17) is 11.6 Å². The van der Waals surface area contributed by atoms with E-state index in [1.54, 1.807) is 0 Å². The summed E-state index contributed by atoms with van der Waals surface area (Å²) < 4.78 is 38.7. The normalized spacial score (nSPS) is 11.4. The highest BCUT2D eigenvalue weighted by atomic mass is 35.5. The molecule has 0 heterocycles. The number of nitrogens with zero attached hydrogens (tertiary/aromatic N) is 1. The van der Waals surface area contributed by atoms with Crippen molar-refractivity contribution in [2.75, 3.05) is 7.05 Å². The summed E-state index contributed by atoms with van der Waals surface area (Å²) in [6.07, 6.45) is 0. The highest BCUT2D eigenvalue weighted by Crippen LogP contribution is 2.37. The Labute approximate surface area is 140 Å². The first kappa shape index (κ1) is 17.7. The summed E-state index contributed by atoms with van der Waals surface area (Å²) in [6.45, 7) is 0. The van der Waals surface area contributed by atoms with Gasteiger partial charge in [0.05, 0.1) is 19.7 Å². The van der Waals surface area contributed by atoms with E-state index >= 15 is 0 Å². The zero-order valence-electron chi connectivity index (χ0n) is 11.6. The number of halogens is 2. The maximum atomic E-state index is 13.1.